The number of methoxy groups -OCH3 is 1. The average Bonchev–Trinajstić information content (AvgIpc) is 2.75. The number of carbonyl (C=O) groups is 2. The topological polar surface area (TPSA) is 52.6 Å². The summed E-state index contributed by atoms with van der Waals surface area (Å²) < 4.78 is 10.4. The van der Waals surface area contributed by atoms with Gasteiger partial charge in [-0.25, -0.2) is 0 Å². The summed E-state index contributed by atoms with van der Waals surface area (Å²) in [6.45, 7) is 5.99. The number of carbonyl (C=O) groups excluding carboxylic acids is 2. The molecule has 0 heterocycles. The summed E-state index contributed by atoms with van der Waals surface area (Å²) in [5.41, 5.74) is 0.617. The van der Waals surface area contributed by atoms with E-state index in [-0.39, 0.29) is 23.5 Å². The van der Waals surface area contributed by atoms with Crippen molar-refractivity contribution in [2.45, 2.75) is 71.0 Å². The zero-order valence-electron chi connectivity index (χ0n) is 14.2. The van der Waals surface area contributed by atoms with Gasteiger partial charge in [0.05, 0.1) is 18.8 Å². The lowest BCUT2D eigenvalue weighted by atomic mass is 10.1. The molecule has 0 aromatic rings. The highest BCUT2D eigenvalue weighted by molar-refractivity contribution is 5.98. The average molecular weight is 308 g/mol. The zero-order chi connectivity index (χ0) is 16.6. The minimum Gasteiger partial charge on any atom is -0.469 e. The highest BCUT2D eigenvalue weighted by Gasteiger charge is 2.27. The molecule has 0 saturated carbocycles. The molecule has 0 amide bonds. The lowest BCUT2D eigenvalue weighted by Crippen LogP contribution is -2.25. The van der Waals surface area contributed by atoms with Crippen LogP contribution in [0.25, 0.3) is 0 Å². The van der Waals surface area contributed by atoms with Crippen LogP contribution in [0.2, 0.25) is 0 Å². The molecule has 1 aliphatic carbocycles. The predicted octanol–water partition coefficient (Wildman–Crippen LogP) is 3.75. The van der Waals surface area contributed by atoms with Gasteiger partial charge in [0.15, 0.2) is 5.78 Å². The molecule has 1 atom stereocenters. The summed E-state index contributed by atoms with van der Waals surface area (Å²) in [6, 6.07) is 0. The van der Waals surface area contributed by atoms with Crippen LogP contribution in [0.1, 0.15) is 59.3 Å². The fraction of sp³-hybridized carbons (Fsp3) is 0.667. The lowest BCUT2D eigenvalue weighted by Gasteiger charge is -2.23. The monoisotopic (exact) mass is 308 g/mol. The van der Waals surface area contributed by atoms with Crippen LogP contribution >= 0.6 is 0 Å². The number of ether oxygens (including phenoxy) is 2. The molecule has 0 radical (unpaired) electrons. The predicted molar refractivity (Wildman–Crippen MR) is 86.6 cm³/mol. The SMILES string of the molecule is COC(=O)CCCC/C=C\CC1=CC(OC(C)(C)C)CC1=O. The van der Waals surface area contributed by atoms with Crippen molar-refractivity contribution in [3.63, 3.8) is 0 Å². The van der Waals surface area contributed by atoms with Crippen molar-refractivity contribution in [1.29, 1.82) is 0 Å². The van der Waals surface area contributed by atoms with Gasteiger partial charge in [0.25, 0.3) is 0 Å². The van der Waals surface area contributed by atoms with E-state index in [9.17, 15) is 9.59 Å². The van der Waals surface area contributed by atoms with Gasteiger partial charge in [0.2, 0.25) is 0 Å². The Kier molecular flexibility index (Phi) is 7.52. The van der Waals surface area contributed by atoms with Gasteiger partial charge in [-0.15, -0.1) is 0 Å². The summed E-state index contributed by atoms with van der Waals surface area (Å²) in [5.74, 6) is 0.0279. The van der Waals surface area contributed by atoms with Gasteiger partial charge in [-0.1, -0.05) is 12.2 Å². The number of hydrogen-bond acceptors (Lipinski definition) is 4. The van der Waals surface area contributed by atoms with E-state index < -0.39 is 0 Å². The Morgan fingerprint density at radius 3 is 2.68 bits per heavy atom. The Labute approximate surface area is 133 Å². The third-order valence-electron chi connectivity index (χ3n) is 3.37. The van der Waals surface area contributed by atoms with Crippen LogP contribution in [0.5, 0.6) is 0 Å². The van der Waals surface area contributed by atoms with Crippen molar-refractivity contribution in [2.24, 2.45) is 0 Å². The number of esters is 1. The fourth-order valence-electron chi connectivity index (χ4n) is 2.36. The number of allylic oxidation sites excluding steroid dienone is 3. The largest absolute Gasteiger partial charge is 0.469 e. The van der Waals surface area contributed by atoms with E-state index in [1.165, 1.54) is 7.11 Å². The van der Waals surface area contributed by atoms with Gasteiger partial charge in [-0.2, -0.15) is 0 Å². The number of unbranched alkanes of at least 4 members (excludes halogenated alkanes) is 2. The van der Waals surface area contributed by atoms with Gasteiger partial charge in [0, 0.05) is 12.8 Å². The summed E-state index contributed by atoms with van der Waals surface area (Å²) in [4.78, 5) is 22.9. The Bertz CT molecular complexity index is 440. The van der Waals surface area contributed by atoms with Crippen LogP contribution < -0.4 is 0 Å². The Hall–Kier alpha value is -1.42. The number of ketones is 1. The van der Waals surface area contributed by atoms with Crippen LogP contribution in [-0.4, -0.2) is 30.6 Å². The second kappa shape index (κ2) is 8.89. The fourth-order valence-corrected chi connectivity index (χ4v) is 2.36. The van der Waals surface area contributed by atoms with Gasteiger partial charge in [-0.05, 0) is 58.1 Å². The number of hydrogen-bond donors (Lipinski definition) is 0. The van der Waals surface area contributed by atoms with Crippen LogP contribution in [0.15, 0.2) is 23.8 Å². The minimum atomic E-state index is -0.230. The van der Waals surface area contributed by atoms with Crippen molar-refractivity contribution in [3.8, 4) is 0 Å². The molecule has 1 aliphatic rings. The van der Waals surface area contributed by atoms with E-state index in [2.05, 4.69) is 10.8 Å². The van der Waals surface area contributed by atoms with Gasteiger partial charge >= 0.3 is 5.97 Å². The Morgan fingerprint density at radius 2 is 2.05 bits per heavy atom. The standard InChI is InChI=1S/C18H28O4/c1-18(2,3)22-15-12-14(16(19)13-15)10-8-6-5-7-9-11-17(20)21-4/h6,8,12,15H,5,7,9-11,13H2,1-4H3/b8-6-. The summed E-state index contributed by atoms with van der Waals surface area (Å²) in [7, 11) is 1.41. The van der Waals surface area contributed by atoms with Crippen LogP contribution in [0.4, 0.5) is 0 Å². The van der Waals surface area contributed by atoms with Gasteiger partial charge in [-0.3, -0.25) is 9.59 Å². The number of Topliss-reactive ketones (excluding diaryl/α,β-unsaturated/α-hetero) is 1. The van der Waals surface area contributed by atoms with E-state index in [0.29, 0.717) is 19.3 Å². The highest BCUT2D eigenvalue weighted by Crippen LogP contribution is 2.24. The second-order valence-electron chi connectivity index (χ2n) is 6.59. The summed E-state index contributed by atoms with van der Waals surface area (Å²) in [6.07, 6.45) is 10.3. The maximum Gasteiger partial charge on any atom is 0.305 e. The van der Waals surface area contributed by atoms with Crippen molar-refractivity contribution < 1.29 is 19.1 Å². The molecule has 0 spiro atoms. The number of rotatable bonds is 8. The molecule has 0 N–H and O–H groups in total. The van der Waals surface area contributed by atoms with Crippen molar-refractivity contribution in [3.05, 3.63) is 23.8 Å². The molecule has 0 aliphatic heterocycles. The zero-order valence-corrected chi connectivity index (χ0v) is 14.2. The maximum atomic E-state index is 11.9. The van der Waals surface area contributed by atoms with E-state index in [0.717, 1.165) is 24.8 Å². The highest BCUT2D eigenvalue weighted by atomic mass is 16.5. The normalized spacial score (nSPS) is 18.8. The minimum absolute atomic E-state index is 0.0871. The Balaban J connectivity index is 2.26. The molecule has 0 aromatic carbocycles. The molecule has 4 nitrogen and oxygen atoms in total. The molecule has 1 unspecified atom stereocenters. The Morgan fingerprint density at radius 1 is 1.32 bits per heavy atom. The first-order chi connectivity index (χ1) is 10.3. The molecule has 1 rings (SSSR count). The molecular formula is C18H28O4. The van der Waals surface area contributed by atoms with Crippen molar-refractivity contribution in [1.82, 2.24) is 0 Å². The molecule has 124 valence electrons. The van der Waals surface area contributed by atoms with Crippen LogP contribution in [0, 0.1) is 0 Å². The quantitative estimate of drug-likeness (QED) is 0.389. The van der Waals surface area contributed by atoms with Crippen LogP contribution in [-0.2, 0) is 19.1 Å². The van der Waals surface area contributed by atoms with Crippen molar-refractivity contribution >= 4 is 11.8 Å². The summed E-state index contributed by atoms with van der Waals surface area (Å²) in [5, 5.41) is 0. The molecule has 0 aromatic heterocycles. The first-order valence-electron chi connectivity index (χ1n) is 7.95. The van der Waals surface area contributed by atoms with E-state index in [1.807, 2.05) is 32.9 Å². The molecular weight excluding hydrogens is 280 g/mol. The van der Waals surface area contributed by atoms with E-state index >= 15 is 0 Å². The third-order valence-corrected chi connectivity index (χ3v) is 3.37. The third kappa shape index (κ3) is 7.55. The molecule has 0 fully saturated rings. The van der Waals surface area contributed by atoms with Crippen LogP contribution in [0.3, 0.4) is 0 Å². The van der Waals surface area contributed by atoms with Gasteiger partial charge < -0.3 is 9.47 Å². The first kappa shape index (κ1) is 18.6. The molecule has 22 heavy (non-hydrogen) atoms. The lowest BCUT2D eigenvalue weighted by molar-refractivity contribution is -0.140. The second-order valence-corrected chi connectivity index (χ2v) is 6.59. The molecule has 4 heteroatoms. The maximum absolute atomic E-state index is 11.9. The van der Waals surface area contributed by atoms with E-state index in [4.69, 9.17) is 4.74 Å². The smallest absolute Gasteiger partial charge is 0.305 e. The van der Waals surface area contributed by atoms with E-state index in [1.54, 1.807) is 0 Å². The van der Waals surface area contributed by atoms with Crippen molar-refractivity contribution in [2.75, 3.05) is 7.11 Å². The summed E-state index contributed by atoms with van der Waals surface area (Å²) >= 11 is 0. The first-order valence-corrected chi connectivity index (χ1v) is 7.95. The molecule has 0 saturated heterocycles. The van der Waals surface area contributed by atoms with Gasteiger partial charge in [0.1, 0.15) is 0 Å². The molecule has 0 bridgehead atoms.